The van der Waals surface area contributed by atoms with Crippen LogP contribution in [0.15, 0.2) is 24.3 Å². The van der Waals surface area contributed by atoms with E-state index >= 15 is 0 Å². The molecule has 0 atom stereocenters. The highest BCUT2D eigenvalue weighted by atomic mass is 19.1. The van der Waals surface area contributed by atoms with Gasteiger partial charge in [-0.05, 0) is 37.6 Å². The van der Waals surface area contributed by atoms with Crippen molar-refractivity contribution in [1.82, 2.24) is 15.3 Å². The molecule has 2 N–H and O–H groups in total. The molecule has 0 aliphatic carbocycles. The molecule has 1 aromatic carbocycles. The number of hydrogen-bond acceptors (Lipinski definition) is 4. The SMILES string of the molecule is Cc1cc(CNC(=O)Nc2ccc(C)c(F)c2)nc(N(C)C)n1. The second-order valence-corrected chi connectivity index (χ2v) is 5.47. The lowest BCUT2D eigenvalue weighted by Gasteiger charge is -2.13. The van der Waals surface area contributed by atoms with Gasteiger partial charge in [-0.15, -0.1) is 0 Å². The van der Waals surface area contributed by atoms with E-state index in [0.29, 0.717) is 22.9 Å². The third-order valence-corrected chi connectivity index (χ3v) is 3.16. The zero-order valence-corrected chi connectivity index (χ0v) is 13.6. The van der Waals surface area contributed by atoms with E-state index in [4.69, 9.17) is 0 Å². The molecule has 2 amide bonds. The van der Waals surface area contributed by atoms with Gasteiger partial charge in [-0.2, -0.15) is 0 Å². The molecule has 0 fully saturated rings. The summed E-state index contributed by atoms with van der Waals surface area (Å²) in [6.45, 7) is 3.79. The number of hydrogen-bond donors (Lipinski definition) is 2. The molecule has 2 rings (SSSR count). The van der Waals surface area contributed by atoms with Crippen LogP contribution < -0.4 is 15.5 Å². The fourth-order valence-corrected chi connectivity index (χ4v) is 1.92. The molecule has 0 bridgehead atoms. The van der Waals surface area contributed by atoms with E-state index in [1.165, 1.54) is 6.07 Å². The normalized spacial score (nSPS) is 10.3. The number of urea groups is 1. The maximum atomic E-state index is 13.5. The van der Waals surface area contributed by atoms with E-state index < -0.39 is 6.03 Å². The van der Waals surface area contributed by atoms with E-state index in [9.17, 15) is 9.18 Å². The third-order valence-electron chi connectivity index (χ3n) is 3.16. The maximum Gasteiger partial charge on any atom is 0.319 e. The van der Waals surface area contributed by atoms with Crippen LogP contribution in [0.4, 0.5) is 20.8 Å². The van der Waals surface area contributed by atoms with Crippen LogP contribution in [0.5, 0.6) is 0 Å². The van der Waals surface area contributed by atoms with Gasteiger partial charge >= 0.3 is 6.03 Å². The quantitative estimate of drug-likeness (QED) is 0.909. The highest BCUT2D eigenvalue weighted by Crippen LogP contribution is 2.13. The van der Waals surface area contributed by atoms with Gasteiger partial charge in [0.25, 0.3) is 0 Å². The van der Waals surface area contributed by atoms with Gasteiger partial charge < -0.3 is 15.5 Å². The molecule has 23 heavy (non-hydrogen) atoms. The van der Waals surface area contributed by atoms with E-state index in [0.717, 1.165) is 5.69 Å². The predicted octanol–water partition coefficient (Wildman–Crippen LogP) is 2.62. The average molecular weight is 317 g/mol. The number of carbonyl (C=O) groups excluding carboxylic acids is 1. The van der Waals surface area contributed by atoms with Crippen molar-refractivity contribution >= 4 is 17.7 Å². The topological polar surface area (TPSA) is 70.2 Å². The number of amides is 2. The molecule has 0 aliphatic rings. The number of nitrogens with zero attached hydrogens (tertiary/aromatic N) is 3. The summed E-state index contributed by atoms with van der Waals surface area (Å²) in [5, 5.41) is 5.28. The first-order valence-corrected chi connectivity index (χ1v) is 7.18. The van der Waals surface area contributed by atoms with Crippen molar-refractivity contribution in [3.05, 3.63) is 47.0 Å². The van der Waals surface area contributed by atoms with Crippen LogP contribution in [0, 0.1) is 19.7 Å². The number of nitrogens with one attached hydrogen (secondary N) is 2. The molecule has 0 spiro atoms. The van der Waals surface area contributed by atoms with Gasteiger partial charge in [-0.1, -0.05) is 6.07 Å². The van der Waals surface area contributed by atoms with E-state index in [1.807, 2.05) is 21.0 Å². The third kappa shape index (κ3) is 4.64. The van der Waals surface area contributed by atoms with Gasteiger partial charge in [0.1, 0.15) is 5.82 Å². The van der Waals surface area contributed by atoms with Crippen molar-refractivity contribution < 1.29 is 9.18 Å². The number of anilines is 2. The first-order chi connectivity index (χ1) is 10.8. The molecule has 0 saturated heterocycles. The number of aryl methyl sites for hydroxylation is 2. The zero-order chi connectivity index (χ0) is 17.0. The molecule has 6 nitrogen and oxygen atoms in total. The summed E-state index contributed by atoms with van der Waals surface area (Å²) in [7, 11) is 3.70. The Bertz CT molecular complexity index is 718. The number of halogens is 1. The maximum absolute atomic E-state index is 13.5. The minimum absolute atomic E-state index is 0.254. The summed E-state index contributed by atoms with van der Waals surface area (Å²) in [5.74, 6) is 0.229. The number of aromatic nitrogens is 2. The Kier molecular flexibility index (Phi) is 5.10. The van der Waals surface area contributed by atoms with Crippen LogP contribution >= 0.6 is 0 Å². The molecule has 0 saturated carbocycles. The van der Waals surface area contributed by atoms with Crippen LogP contribution in [-0.4, -0.2) is 30.1 Å². The van der Waals surface area contributed by atoms with Crippen molar-refractivity contribution in [2.75, 3.05) is 24.3 Å². The van der Waals surface area contributed by atoms with Crippen molar-refractivity contribution in [1.29, 1.82) is 0 Å². The Hall–Kier alpha value is -2.70. The summed E-state index contributed by atoms with van der Waals surface area (Å²) in [6.07, 6.45) is 0. The Morgan fingerprint density at radius 3 is 2.61 bits per heavy atom. The molecule has 0 unspecified atom stereocenters. The molecule has 1 aromatic heterocycles. The Balaban J connectivity index is 1.97. The van der Waals surface area contributed by atoms with Crippen molar-refractivity contribution in [2.24, 2.45) is 0 Å². The fraction of sp³-hybridized carbons (Fsp3) is 0.312. The minimum Gasteiger partial charge on any atom is -0.347 e. The molecule has 7 heteroatoms. The predicted molar refractivity (Wildman–Crippen MR) is 88.1 cm³/mol. The van der Waals surface area contributed by atoms with E-state index in [-0.39, 0.29) is 12.4 Å². The van der Waals surface area contributed by atoms with Crippen molar-refractivity contribution in [3.63, 3.8) is 0 Å². The minimum atomic E-state index is -0.420. The van der Waals surface area contributed by atoms with Gasteiger partial charge in [-0.3, -0.25) is 0 Å². The highest BCUT2D eigenvalue weighted by Gasteiger charge is 2.07. The summed E-state index contributed by atoms with van der Waals surface area (Å²) < 4.78 is 13.5. The smallest absolute Gasteiger partial charge is 0.319 e. The fourth-order valence-electron chi connectivity index (χ4n) is 1.92. The van der Waals surface area contributed by atoms with Crippen LogP contribution in [0.3, 0.4) is 0 Å². The molecule has 122 valence electrons. The average Bonchev–Trinajstić information content (AvgIpc) is 2.48. The summed E-state index contributed by atoms with van der Waals surface area (Å²) in [6, 6.07) is 5.93. The number of benzene rings is 1. The van der Waals surface area contributed by atoms with E-state index in [2.05, 4.69) is 20.6 Å². The standard InChI is InChI=1S/C16H20FN5O/c1-10-5-6-12(8-14(10)17)21-16(23)18-9-13-7-11(2)19-15(20-13)22(3)4/h5-8H,9H2,1-4H3,(H2,18,21,23). The Labute approximate surface area is 134 Å². The lowest BCUT2D eigenvalue weighted by atomic mass is 10.2. The largest absolute Gasteiger partial charge is 0.347 e. The van der Waals surface area contributed by atoms with Crippen molar-refractivity contribution in [2.45, 2.75) is 20.4 Å². The lowest BCUT2D eigenvalue weighted by Crippen LogP contribution is -2.29. The second kappa shape index (κ2) is 7.04. The van der Waals surface area contributed by atoms with Crippen LogP contribution in [-0.2, 0) is 6.54 Å². The Morgan fingerprint density at radius 2 is 1.96 bits per heavy atom. The zero-order valence-electron chi connectivity index (χ0n) is 13.6. The van der Waals surface area contributed by atoms with Crippen LogP contribution in [0.2, 0.25) is 0 Å². The summed E-state index contributed by atoms with van der Waals surface area (Å²) in [5.41, 5.74) is 2.45. The number of rotatable bonds is 4. The van der Waals surface area contributed by atoms with Gasteiger partial charge in [0.2, 0.25) is 5.95 Å². The van der Waals surface area contributed by atoms with Gasteiger partial charge in [0, 0.05) is 25.5 Å². The molecule has 1 heterocycles. The first kappa shape index (κ1) is 16.7. The summed E-state index contributed by atoms with van der Waals surface area (Å²) >= 11 is 0. The first-order valence-electron chi connectivity index (χ1n) is 7.18. The lowest BCUT2D eigenvalue weighted by molar-refractivity contribution is 0.251. The Morgan fingerprint density at radius 1 is 1.22 bits per heavy atom. The number of carbonyl (C=O) groups is 1. The molecular formula is C16H20FN5O. The van der Waals surface area contributed by atoms with Crippen molar-refractivity contribution in [3.8, 4) is 0 Å². The van der Waals surface area contributed by atoms with E-state index in [1.54, 1.807) is 30.0 Å². The van der Waals surface area contributed by atoms with Gasteiger partial charge in [0.05, 0.1) is 12.2 Å². The molecule has 2 aromatic rings. The second-order valence-electron chi connectivity index (χ2n) is 5.47. The molecule has 0 radical (unpaired) electrons. The summed E-state index contributed by atoms with van der Waals surface area (Å²) in [4.78, 5) is 22.3. The van der Waals surface area contributed by atoms with Gasteiger partial charge in [0.15, 0.2) is 0 Å². The monoisotopic (exact) mass is 317 g/mol. The van der Waals surface area contributed by atoms with Crippen LogP contribution in [0.1, 0.15) is 17.0 Å². The van der Waals surface area contributed by atoms with Gasteiger partial charge in [-0.25, -0.2) is 19.2 Å². The molecular weight excluding hydrogens is 297 g/mol. The highest BCUT2D eigenvalue weighted by molar-refractivity contribution is 5.89. The van der Waals surface area contributed by atoms with Crippen LogP contribution in [0.25, 0.3) is 0 Å². The molecule has 0 aliphatic heterocycles.